The summed E-state index contributed by atoms with van der Waals surface area (Å²) >= 11 is 0. The molecule has 0 amide bonds. The van der Waals surface area contributed by atoms with Crippen molar-refractivity contribution >= 4 is 11.7 Å². The fourth-order valence-electron chi connectivity index (χ4n) is 2.82. The summed E-state index contributed by atoms with van der Waals surface area (Å²) < 4.78 is 16.4. The van der Waals surface area contributed by atoms with E-state index in [-0.39, 0.29) is 6.10 Å². The molecule has 0 bridgehead atoms. The zero-order chi connectivity index (χ0) is 16.8. The number of methoxy groups -OCH3 is 1. The second-order valence-electron chi connectivity index (χ2n) is 5.72. The molecule has 1 aliphatic heterocycles. The number of hydrogen-bond donors (Lipinski definition) is 2. The molecule has 1 saturated heterocycles. The largest absolute Gasteiger partial charge is 0.493 e. The lowest BCUT2D eigenvalue weighted by molar-refractivity contribution is 0.0527. The van der Waals surface area contributed by atoms with E-state index in [4.69, 9.17) is 19.9 Å². The van der Waals surface area contributed by atoms with Gasteiger partial charge in [0.2, 0.25) is 0 Å². The first-order chi connectivity index (χ1) is 11.1. The fourth-order valence-corrected chi connectivity index (χ4v) is 2.82. The van der Waals surface area contributed by atoms with Crippen LogP contribution in [0, 0.1) is 5.92 Å². The van der Waals surface area contributed by atoms with Crippen molar-refractivity contribution in [1.82, 2.24) is 5.32 Å². The third-order valence-corrected chi connectivity index (χ3v) is 4.19. The lowest BCUT2D eigenvalue weighted by Crippen LogP contribution is -2.35. The van der Waals surface area contributed by atoms with Crippen LogP contribution in [0.2, 0.25) is 0 Å². The van der Waals surface area contributed by atoms with E-state index in [1.807, 2.05) is 0 Å². The van der Waals surface area contributed by atoms with E-state index in [9.17, 15) is 4.79 Å². The van der Waals surface area contributed by atoms with Gasteiger partial charge in [0.1, 0.15) is 0 Å². The van der Waals surface area contributed by atoms with Crippen molar-refractivity contribution in [3.63, 3.8) is 0 Å². The maximum Gasteiger partial charge on any atom is 0.340 e. The van der Waals surface area contributed by atoms with Gasteiger partial charge >= 0.3 is 5.97 Å². The number of ether oxygens (including phenoxy) is 3. The van der Waals surface area contributed by atoms with E-state index in [0.717, 1.165) is 25.9 Å². The van der Waals surface area contributed by atoms with Crippen LogP contribution in [0.3, 0.4) is 0 Å². The second-order valence-corrected chi connectivity index (χ2v) is 5.72. The molecule has 1 aromatic carbocycles. The third kappa shape index (κ3) is 4.28. The van der Waals surface area contributed by atoms with Gasteiger partial charge in [-0.25, -0.2) is 4.79 Å². The number of rotatable bonds is 6. The predicted molar refractivity (Wildman–Crippen MR) is 89.0 cm³/mol. The number of carbonyl (C=O) groups excluding carboxylic acids is 1. The summed E-state index contributed by atoms with van der Waals surface area (Å²) in [5, 5.41) is 3.35. The highest BCUT2D eigenvalue weighted by Gasteiger charge is 2.23. The van der Waals surface area contributed by atoms with Crippen LogP contribution in [0.5, 0.6) is 11.5 Å². The standard InChI is InChI=1S/C17H26N2O4/c1-4-22-17(20)13-9-15(21-3)16(10-14(13)18)23-11(2)12-5-7-19-8-6-12/h9-12,19H,4-8,18H2,1-3H3. The molecule has 1 atom stereocenters. The van der Waals surface area contributed by atoms with E-state index in [1.54, 1.807) is 26.2 Å². The molecule has 6 nitrogen and oxygen atoms in total. The Morgan fingerprint density at radius 1 is 1.35 bits per heavy atom. The highest BCUT2D eigenvalue weighted by molar-refractivity contribution is 5.96. The molecule has 128 valence electrons. The van der Waals surface area contributed by atoms with Gasteiger partial charge in [0.25, 0.3) is 0 Å². The van der Waals surface area contributed by atoms with Crippen LogP contribution < -0.4 is 20.5 Å². The van der Waals surface area contributed by atoms with Crippen molar-refractivity contribution in [3.05, 3.63) is 17.7 Å². The molecule has 0 radical (unpaired) electrons. The molecule has 6 heteroatoms. The van der Waals surface area contributed by atoms with Crippen LogP contribution in [0.25, 0.3) is 0 Å². The topological polar surface area (TPSA) is 82.8 Å². The monoisotopic (exact) mass is 322 g/mol. The summed E-state index contributed by atoms with van der Waals surface area (Å²) in [7, 11) is 1.54. The third-order valence-electron chi connectivity index (χ3n) is 4.19. The molecular formula is C17H26N2O4. The summed E-state index contributed by atoms with van der Waals surface area (Å²) in [6.45, 7) is 6.14. The fraction of sp³-hybridized carbons (Fsp3) is 0.588. The number of nitrogens with one attached hydrogen (secondary N) is 1. The second kappa shape index (κ2) is 8.06. The summed E-state index contributed by atoms with van der Waals surface area (Å²) in [4.78, 5) is 11.9. The lowest BCUT2D eigenvalue weighted by Gasteiger charge is -2.29. The van der Waals surface area contributed by atoms with E-state index >= 15 is 0 Å². The van der Waals surface area contributed by atoms with Gasteiger partial charge < -0.3 is 25.3 Å². The van der Waals surface area contributed by atoms with Gasteiger partial charge in [-0.2, -0.15) is 0 Å². The van der Waals surface area contributed by atoms with Crippen molar-refractivity contribution in [1.29, 1.82) is 0 Å². The Labute approximate surface area is 137 Å². The minimum atomic E-state index is -0.457. The summed E-state index contributed by atoms with van der Waals surface area (Å²) in [6.07, 6.45) is 2.22. The molecule has 0 spiro atoms. The van der Waals surface area contributed by atoms with Crippen molar-refractivity contribution in [2.45, 2.75) is 32.8 Å². The Balaban J connectivity index is 2.17. The van der Waals surface area contributed by atoms with Crippen LogP contribution in [0.4, 0.5) is 5.69 Å². The first-order valence-corrected chi connectivity index (χ1v) is 8.08. The zero-order valence-electron chi connectivity index (χ0n) is 14.1. The molecule has 0 aromatic heterocycles. The molecule has 23 heavy (non-hydrogen) atoms. The predicted octanol–water partition coefficient (Wildman–Crippen LogP) is 2.22. The van der Waals surface area contributed by atoms with Crippen LogP contribution in [-0.2, 0) is 4.74 Å². The van der Waals surface area contributed by atoms with Crippen LogP contribution >= 0.6 is 0 Å². The van der Waals surface area contributed by atoms with Gasteiger partial charge in [-0.05, 0) is 45.7 Å². The van der Waals surface area contributed by atoms with Crippen molar-refractivity contribution in [3.8, 4) is 11.5 Å². The van der Waals surface area contributed by atoms with Crippen molar-refractivity contribution < 1.29 is 19.0 Å². The highest BCUT2D eigenvalue weighted by Crippen LogP contribution is 2.34. The average Bonchev–Trinajstić information content (AvgIpc) is 2.56. The normalized spacial score (nSPS) is 16.7. The number of hydrogen-bond acceptors (Lipinski definition) is 6. The van der Waals surface area contributed by atoms with Gasteiger partial charge in [-0.1, -0.05) is 0 Å². The Hall–Kier alpha value is -1.95. The number of esters is 1. The minimum absolute atomic E-state index is 0.0545. The lowest BCUT2D eigenvalue weighted by atomic mass is 9.93. The van der Waals surface area contributed by atoms with Crippen molar-refractivity contribution in [2.75, 3.05) is 32.5 Å². The molecule has 1 heterocycles. The number of benzene rings is 1. The number of anilines is 1. The van der Waals surface area contributed by atoms with Crippen LogP contribution in [0.1, 0.15) is 37.0 Å². The van der Waals surface area contributed by atoms with E-state index in [0.29, 0.717) is 35.3 Å². The summed E-state index contributed by atoms with van der Waals surface area (Å²) in [5.41, 5.74) is 6.61. The highest BCUT2D eigenvalue weighted by atomic mass is 16.5. The van der Waals surface area contributed by atoms with Gasteiger partial charge in [0.05, 0.1) is 31.1 Å². The maximum atomic E-state index is 11.9. The molecule has 3 N–H and O–H groups in total. The first kappa shape index (κ1) is 17.4. The average molecular weight is 322 g/mol. The molecule has 2 rings (SSSR count). The first-order valence-electron chi connectivity index (χ1n) is 8.08. The smallest absolute Gasteiger partial charge is 0.340 e. The Morgan fingerprint density at radius 3 is 2.65 bits per heavy atom. The molecule has 1 unspecified atom stereocenters. The van der Waals surface area contributed by atoms with Gasteiger partial charge in [-0.3, -0.25) is 0 Å². The van der Waals surface area contributed by atoms with E-state index in [1.165, 1.54) is 0 Å². The zero-order valence-corrected chi connectivity index (χ0v) is 14.1. The van der Waals surface area contributed by atoms with E-state index in [2.05, 4.69) is 12.2 Å². The Morgan fingerprint density at radius 2 is 2.04 bits per heavy atom. The van der Waals surface area contributed by atoms with Gasteiger partial charge in [0, 0.05) is 12.1 Å². The molecule has 1 aliphatic rings. The van der Waals surface area contributed by atoms with Crippen LogP contribution in [-0.4, -0.2) is 38.9 Å². The van der Waals surface area contributed by atoms with Crippen molar-refractivity contribution in [2.24, 2.45) is 5.92 Å². The SMILES string of the molecule is CCOC(=O)c1cc(OC)c(OC(C)C2CCNCC2)cc1N. The molecular weight excluding hydrogens is 296 g/mol. The minimum Gasteiger partial charge on any atom is -0.493 e. The quantitative estimate of drug-likeness (QED) is 0.617. The number of piperidine rings is 1. The van der Waals surface area contributed by atoms with Gasteiger partial charge in [0.15, 0.2) is 11.5 Å². The van der Waals surface area contributed by atoms with Gasteiger partial charge in [-0.15, -0.1) is 0 Å². The van der Waals surface area contributed by atoms with E-state index < -0.39 is 5.97 Å². The maximum absolute atomic E-state index is 11.9. The Bertz CT molecular complexity index is 542. The summed E-state index contributed by atoms with van der Waals surface area (Å²) in [5.74, 6) is 1.08. The summed E-state index contributed by atoms with van der Waals surface area (Å²) in [6, 6.07) is 3.22. The Kier molecular flexibility index (Phi) is 6.10. The number of nitrogens with two attached hydrogens (primary N) is 1. The molecule has 0 aliphatic carbocycles. The van der Waals surface area contributed by atoms with Crippen LogP contribution in [0.15, 0.2) is 12.1 Å². The molecule has 0 saturated carbocycles. The molecule has 1 fully saturated rings. The molecule has 1 aromatic rings. The number of carbonyl (C=O) groups is 1. The number of nitrogen functional groups attached to an aromatic ring is 1.